The van der Waals surface area contributed by atoms with E-state index in [1.165, 1.54) is 16.2 Å². The van der Waals surface area contributed by atoms with Crippen molar-refractivity contribution in [2.45, 2.75) is 19.8 Å². The van der Waals surface area contributed by atoms with Gasteiger partial charge in [-0.3, -0.25) is 14.4 Å². The molecule has 0 unspecified atom stereocenters. The highest BCUT2D eigenvalue weighted by molar-refractivity contribution is 7.13. The number of carbonyl (C=O) groups is 3. The van der Waals surface area contributed by atoms with Gasteiger partial charge in [0.2, 0.25) is 11.8 Å². The minimum Gasteiger partial charge on any atom is -0.493 e. The Hall–Kier alpha value is -3.96. The van der Waals surface area contributed by atoms with Crippen molar-refractivity contribution < 1.29 is 28.6 Å². The van der Waals surface area contributed by atoms with Crippen molar-refractivity contribution >= 4 is 34.2 Å². The van der Waals surface area contributed by atoms with Gasteiger partial charge in [-0.25, -0.2) is 4.98 Å². The number of hydrogen-bond donors (Lipinski definition) is 1. The molecule has 0 aliphatic rings. The zero-order valence-electron chi connectivity index (χ0n) is 23.6. The van der Waals surface area contributed by atoms with Crippen molar-refractivity contribution in [1.82, 2.24) is 14.8 Å². The number of anilines is 1. The Balaban J connectivity index is 1.52. The highest BCUT2D eigenvalue weighted by Crippen LogP contribution is 2.27. The average Bonchev–Trinajstić information content (AvgIpc) is 3.39. The molecule has 0 radical (unpaired) electrons. The first-order valence-corrected chi connectivity index (χ1v) is 13.7. The molecule has 1 heterocycles. The second-order valence-electron chi connectivity index (χ2n) is 9.21. The number of nitrogens with zero attached hydrogens (tertiary/aromatic N) is 3. The van der Waals surface area contributed by atoms with Crippen LogP contribution >= 0.6 is 11.3 Å². The third kappa shape index (κ3) is 8.78. The number of hydrogen-bond acceptors (Lipinski definition) is 8. The van der Waals surface area contributed by atoms with Gasteiger partial charge in [-0.15, -0.1) is 11.3 Å². The monoisotopic (exact) mass is 568 g/mol. The topological polar surface area (TPSA) is 110 Å². The Morgan fingerprint density at radius 2 is 1.70 bits per heavy atom. The van der Waals surface area contributed by atoms with Crippen molar-refractivity contribution in [1.29, 1.82) is 0 Å². The molecule has 0 bridgehead atoms. The first-order chi connectivity index (χ1) is 19.2. The molecule has 10 nitrogen and oxygen atoms in total. The summed E-state index contributed by atoms with van der Waals surface area (Å²) in [5, 5.41) is 4.86. The van der Waals surface area contributed by atoms with E-state index in [2.05, 4.69) is 10.3 Å². The molecule has 40 heavy (non-hydrogen) atoms. The first kappa shape index (κ1) is 30.6. The molecule has 3 rings (SSSR count). The maximum atomic E-state index is 13.0. The van der Waals surface area contributed by atoms with E-state index in [0.29, 0.717) is 47.5 Å². The molecule has 0 saturated carbocycles. The summed E-state index contributed by atoms with van der Waals surface area (Å²) < 4.78 is 15.7. The fraction of sp³-hybridized carbons (Fsp3) is 0.379. The second kappa shape index (κ2) is 15.0. The standard InChI is InChI=1S/C29H36N4O6S/c1-20-6-9-22(10-7-20)28(36)33(14-15-37-3)18-26(34)31-29-30-23(19-40-29)17-27(35)32(2)13-12-21-8-11-24(38-4)25(16-21)39-5/h6-11,16,19H,12-15,17-18H2,1-5H3,(H,30,31,34). The van der Waals surface area contributed by atoms with Gasteiger partial charge in [0.1, 0.15) is 6.54 Å². The van der Waals surface area contributed by atoms with Gasteiger partial charge in [-0.1, -0.05) is 23.8 Å². The summed E-state index contributed by atoms with van der Waals surface area (Å²) in [5.41, 5.74) is 3.13. The van der Waals surface area contributed by atoms with Crippen LogP contribution in [0.3, 0.4) is 0 Å². The largest absolute Gasteiger partial charge is 0.493 e. The normalized spacial score (nSPS) is 10.6. The smallest absolute Gasteiger partial charge is 0.254 e. The maximum Gasteiger partial charge on any atom is 0.254 e. The summed E-state index contributed by atoms with van der Waals surface area (Å²) in [6.45, 7) is 2.88. The Bertz CT molecular complexity index is 1290. The Morgan fingerprint density at radius 1 is 0.975 bits per heavy atom. The number of aromatic nitrogens is 1. The van der Waals surface area contributed by atoms with Crippen LogP contribution in [0.5, 0.6) is 11.5 Å². The predicted octanol–water partition coefficient (Wildman–Crippen LogP) is 3.44. The summed E-state index contributed by atoms with van der Waals surface area (Å²) in [4.78, 5) is 46.0. The summed E-state index contributed by atoms with van der Waals surface area (Å²) in [5.74, 6) is 0.581. The molecule has 1 N–H and O–H groups in total. The summed E-state index contributed by atoms with van der Waals surface area (Å²) in [6.07, 6.45) is 0.766. The molecule has 0 saturated heterocycles. The minimum absolute atomic E-state index is 0.0851. The van der Waals surface area contributed by atoms with Crippen molar-refractivity contribution in [2.75, 3.05) is 59.9 Å². The summed E-state index contributed by atoms with van der Waals surface area (Å²) in [6, 6.07) is 12.9. The number of rotatable bonds is 14. The van der Waals surface area contributed by atoms with E-state index < -0.39 is 0 Å². The van der Waals surface area contributed by atoms with Gasteiger partial charge in [0, 0.05) is 38.2 Å². The highest BCUT2D eigenvalue weighted by atomic mass is 32.1. The van der Waals surface area contributed by atoms with E-state index in [4.69, 9.17) is 14.2 Å². The number of methoxy groups -OCH3 is 3. The lowest BCUT2D eigenvalue weighted by atomic mass is 10.1. The van der Waals surface area contributed by atoms with E-state index in [0.717, 1.165) is 11.1 Å². The zero-order valence-corrected chi connectivity index (χ0v) is 24.4. The van der Waals surface area contributed by atoms with Crippen molar-refractivity contribution in [2.24, 2.45) is 0 Å². The third-order valence-electron chi connectivity index (χ3n) is 6.23. The molecule has 0 aliphatic heterocycles. The molecule has 2 aromatic carbocycles. The van der Waals surface area contributed by atoms with Gasteiger partial charge in [-0.2, -0.15) is 0 Å². The van der Waals surface area contributed by atoms with Gasteiger partial charge in [0.25, 0.3) is 5.91 Å². The lowest BCUT2D eigenvalue weighted by Gasteiger charge is -2.21. The molecule has 214 valence electrons. The molecular formula is C29H36N4O6S. The van der Waals surface area contributed by atoms with E-state index in [1.54, 1.807) is 50.8 Å². The van der Waals surface area contributed by atoms with Crippen LogP contribution < -0.4 is 14.8 Å². The lowest BCUT2D eigenvalue weighted by molar-refractivity contribution is -0.129. The fourth-order valence-corrected chi connectivity index (χ4v) is 4.58. The Labute approximate surface area is 238 Å². The molecule has 1 aromatic heterocycles. The van der Waals surface area contributed by atoms with Crippen LogP contribution in [0.2, 0.25) is 0 Å². The average molecular weight is 569 g/mol. The fourth-order valence-electron chi connectivity index (χ4n) is 3.86. The van der Waals surface area contributed by atoms with Crippen LogP contribution in [0.1, 0.15) is 27.2 Å². The quantitative estimate of drug-likeness (QED) is 0.317. The number of benzene rings is 2. The highest BCUT2D eigenvalue weighted by Gasteiger charge is 2.20. The second-order valence-corrected chi connectivity index (χ2v) is 10.1. The first-order valence-electron chi connectivity index (χ1n) is 12.8. The minimum atomic E-state index is -0.379. The van der Waals surface area contributed by atoms with Crippen molar-refractivity contribution in [3.05, 3.63) is 70.2 Å². The molecule has 0 atom stereocenters. The molecule has 11 heteroatoms. The molecule has 3 amide bonds. The van der Waals surface area contributed by atoms with Crippen LogP contribution in [0, 0.1) is 6.92 Å². The molecule has 0 aliphatic carbocycles. The lowest BCUT2D eigenvalue weighted by Crippen LogP contribution is -2.40. The molecule has 3 aromatic rings. The van der Waals surface area contributed by atoms with Gasteiger partial charge in [0.15, 0.2) is 16.6 Å². The van der Waals surface area contributed by atoms with Crippen LogP contribution in [-0.4, -0.2) is 87.1 Å². The SMILES string of the molecule is COCCN(CC(=O)Nc1nc(CC(=O)N(C)CCc2ccc(OC)c(OC)c2)cs1)C(=O)c1ccc(C)cc1. The number of aryl methyl sites for hydroxylation is 1. The van der Waals surface area contributed by atoms with Crippen LogP contribution in [-0.2, 0) is 27.2 Å². The molecule has 0 spiro atoms. The number of thiazole rings is 1. The number of carbonyl (C=O) groups excluding carboxylic acids is 3. The zero-order chi connectivity index (χ0) is 29.1. The van der Waals surface area contributed by atoms with E-state index in [9.17, 15) is 14.4 Å². The van der Waals surface area contributed by atoms with Crippen molar-refractivity contribution in [3.63, 3.8) is 0 Å². The van der Waals surface area contributed by atoms with Crippen LogP contribution in [0.25, 0.3) is 0 Å². The summed E-state index contributed by atoms with van der Waals surface area (Å²) >= 11 is 1.23. The number of nitrogens with one attached hydrogen (secondary N) is 1. The van der Waals surface area contributed by atoms with Gasteiger partial charge in [-0.05, 0) is 43.2 Å². The van der Waals surface area contributed by atoms with Gasteiger partial charge < -0.3 is 29.3 Å². The summed E-state index contributed by atoms with van der Waals surface area (Å²) in [7, 11) is 6.47. The molecule has 0 fully saturated rings. The van der Waals surface area contributed by atoms with Crippen LogP contribution in [0.4, 0.5) is 5.13 Å². The number of ether oxygens (including phenoxy) is 3. The van der Waals surface area contributed by atoms with Crippen LogP contribution in [0.15, 0.2) is 47.8 Å². The number of likely N-dealkylation sites (N-methyl/N-ethyl adjacent to an activating group) is 1. The number of amides is 3. The van der Waals surface area contributed by atoms with Gasteiger partial charge >= 0.3 is 0 Å². The predicted molar refractivity (Wildman–Crippen MR) is 154 cm³/mol. The molecular weight excluding hydrogens is 532 g/mol. The Morgan fingerprint density at radius 3 is 2.38 bits per heavy atom. The van der Waals surface area contributed by atoms with E-state index in [-0.39, 0.29) is 37.2 Å². The maximum absolute atomic E-state index is 13.0. The van der Waals surface area contributed by atoms with E-state index >= 15 is 0 Å². The Kier molecular flexibility index (Phi) is 11.5. The van der Waals surface area contributed by atoms with Gasteiger partial charge in [0.05, 0.1) is 32.9 Å². The van der Waals surface area contributed by atoms with Crippen molar-refractivity contribution in [3.8, 4) is 11.5 Å². The third-order valence-corrected chi connectivity index (χ3v) is 7.03. The van der Waals surface area contributed by atoms with E-state index in [1.807, 2.05) is 37.3 Å².